The number of carbonyl (C=O) groups is 3. The van der Waals surface area contributed by atoms with Crippen LogP contribution in [0.1, 0.15) is 28.9 Å². The smallest absolute Gasteiger partial charge is 0.335 e. The minimum absolute atomic E-state index is 0.0206. The van der Waals surface area contributed by atoms with Crippen molar-refractivity contribution in [2.75, 3.05) is 26.2 Å². The van der Waals surface area contributed by atoms with Crippen molar-refractivity contribution in [1.82, 2.24) is 14.4 Å². The van der Waals surface area contributed by atoms with E-state index in [0.717, 1.165) is 5.52 Å². The van der Waals surface area contributed by atoms with E-state index in [0.29, 0.717) is 37.1 Å². The van der Waals surface area contributed by atoms with Crippen molar-refractivity contribution in [3.8, 4) is 0 Å². The van der Waals surface area contributed by atoms with E-state index in [2.05, 4.69) is 0 Å². The van der Waals surface area contributed by atoms with Gasteiger partial charge in [0.15, 0.2) is 0 Å². The van der Waals surface area contributed by atoms with Gasteiger partial charge in [0, 0.05) is 62.8 Å². The number of carbonyl (C=O) groups excluding carboxylic acids is 1. The molecule has 1 aliphatic heterocycles. The highest BCUT2D eigenvalue weighted by Crippen LogP contribution is 2.31. The predicted molar refractivity (Wildman–Crippen MR) is 94.1 cm³/mol. The number of fused-ring (bicyclic) bond motifs is 1. The predicted octanol–water partition coefficient (Wildman–Crippen LogP) is 1.17. The van der Waals surface area contributed by atoms with Gasteiger partial charge in [-0.2, -0.15) is 0 Å². The number of hydrogen-bond donors (Lipinski definition) is 2. The summed E-state index contributed by atoms with van der Waals surface area (Å²) < 4.78 is 1.80. The van der Waals surface area contributed by atoms with Crippen LogP contribution in [0, 0.1) is 0 Å². The van der Waals surface area contributed by atoms with Gasteiger partial charge in [-0.25, -0.2) is 4.79 Å². The van der Waals surface area contributed by atoms with Gasteiger partial charge >= 0.3 is 11.9 Å². The molecule has 2 aromatic rings. The molecule has 8 nitrogen and oxygen atoms in total. The number of aliphatic carboxylic acids is 1. The third-order valence-electron chi connectivity index (χ3n) is 4.92. The van der Waals surface area contributed by atoms with Gasteiger partial charge in [0.1, 0.15) is 6.04 Å². The summed E-state index contributed by atoms with van der Waals surface area (Å²) in [6.07, 6.45) is 1.74. The number of nitrogens with zero attached hydrogens (tertiary/aromatic N) is 3. The van der Waals surface area contributed by atoms with Crippen molar-refractivity contribution in [1.29, 1.82) is 0 Å². The molecule has 1 aliphatic rings. The van der Waals surface area contributed by atoms with E-state index in [1.807, 2.05) is 4.90 Å². The Balaban J connectivity index is 2.01. The largest absolute Gasteiger partial charge is 0.480 e. The first-order valence-corrected chi connectivity index (χ1v) is 8.34. The zero-order chi connectivity index (χ0) is 19.0. The molecule has 1 saturated heterocycles. The standard InChI is InChI=1S/C18H21N3O5/c1-11(22)20-5-7-21(8-6-20)16(18(25)26)14-10-19(2)15-4-3-12(17(23)24)9-13(14)15/h3-4,9-10,16H,5-8H2,1-2H3,(H,23,24)(H,25,26)/t16-/m0/s1. The lowest BCUT2D eigenvalue weighted by Crippen LogP contribution is -2.50. The van der Waals surface area contributed by atoms with Gasteiger partial charge in [0.25, 0.3) is 0 Å². The summed E-state index contributed by atoms with van der Waals surface area (Å²) in [6, 6.07) is 3.83. The summed E-state index contributed by atoms with van der Waals surface area (Å²) in [5.74, 6) is -2.06. The van der Waals surface area contributed by atoms with Gasteiger partial charge < -0.3 is 19.7 Å². The number of rotatable bonds is 4. The molecule has 0 spiro atoms. The number of hydrogen-bond acceptors (Lipinski definition) is 4. The summed E-state index contributed by atoms with van der Waals surface area (Å²) in [5, 5.41) is 19.7. The van der Waals surface area contributed by atoms with Crippen molar-refractivity contribution in [3.05, 3.63) is 35.5 Å². The lowest BCUT2D eigenvalue weighted by molar-refractivity contribution is -0.144. The van der Waals surface area contributed by atoms with E-state index >= 15 is 0 Å². The highest BCUT2D eigenvalue weighted by molar-refractivity contribution is 5.96. The summed E-state index contributed by atoms with van der Waals surface area (Å²) in [7, 11) is 1.80. The molecule has 1 aromatic heterocycles. The number of amides is 1. The Morgan fingerprint density at radius 1 is 1.08 bits per heavy atom. The molecule has 1 aromatic carbocycles. The van der Waals surface area contributed by atoms with E-state index < -0.39 is 18.0 Å². The average Bonchev–Trinajstić information content (AvgIpc) is 2.91. The van der Waals surface area contributed by atoms with Gasteiger partial charge in [0.2, 0.25) is 5.91 Å². The van der Waals surface area contributed by atoms with Crippen LogP contribution in [0.2, 0.25) is 0 Å². The van der Waals surface area contributed by atoms with Gasteiger partial charge in [-0.1, -0.05) is 0 Å². The van der Waals surface area contributed by atoms with Crippen LogP contribution in [0.25, 0.3) is 10.9 Å². The fourth-order valence-electron chi connectivity index (χ4n) is 3.55. The lowest BCUT2D eigenvalue weighted by Gasteiger charge is -2.37. The number of aryl methyl sites for hydroxylation is 1. The molecule has 2 heterocycles. The molecule has 8 heteroatoms. The number of carboxylic acid groups (broad SMARTS) is 2. The summed E-state index contributed by atoms with van der Waals surface area (Å²) in [6.45, 7) is 3.36. The molecular weight excluding hydrogens is 338 g/mol. The van der Waals surface area contributed by atoms with Gasteiger partial charge in [0.05, 0.1) is 5.56 Å². The molecule has 26 heavy (non-hydrogen) atoms. The van der Waals surface area contributed by atoms with Crippen LogP contribution in [-0.4, -0.2) is 68.6 Å². The lowest BCUT2D eigenvalue weighted by atomic mass is 10.0. The molecule has 0 aliphatic carbocycles. The summed E-state index contributed by atoms with van der Waals surface area (Å²) in [4.78, 5) is 38.3. The summed E-state index contributed by atoms with van der Waals surface area (Å²) in [5.41, 5.74) is 1.46. The molecule has 0 unspecified atom stereocenters. The zero-order valence-electron chi connectivity index (χ0n) is 14.7. The molecular formula is C18H21N3O5. The molecule has 0 bridgehead atoms. The Morgan fingerprint density at radius 3 is 2.27 bits per heavy atom. The Hall–Kier alpha value is -2.87. The highest BCUT2D eigenvalue weighted by Gasteiger charge is 2.33. The second-order valence-corrected chi connectivity index (χ2v) is 6.52. The number of aromatic nitrogens is 1. The maximum Gasteiger partial charge on any atom is 0.335 e. The van der Waals surface area contributed by atoms with E-state index in [9.17, 15) is 24.6 Å². The number of carboxylic acids is 2. The number of piperazine rings is 1. The molecule has 3 rings (SSSR count). The maximum absolute atomic E-state index is 12.0. The quantitative estimate of drug-likeness (QED) is 0.849. The summed E-state index contributed by atoms with van der Waals surface area (Å²) >= 11 is 0. The minimum Gasteiger partial charge on any atom is -0.480 e. The monoisotopic (exact) mass is 359 g/mol. The van der Waals surface area contributed by atoms with E-state index in [4.69, 9.17) is 0 Å². The van der Waals surface area contributed by atoms with E-state index in [1.165, 1.54) is 19.1 Å². The fourth-order valence-corrected chi connectivity index (χ4v) is 3.55. The second-order valence-electron chi connectivity index (χ2n) is 6.52. The van der Waals surface area contributed by atoms with Crippen LogP contribution in [0.5, 0.6) is 0 Å². The molecule has 1 fully saturated rings. The van der Waals surface area contributed by atoms with Crippen LogP contribution in [-0.2, 0) is 16.6 Å². The second kappa shape index (κ2) is 6.80. The van der Waals surface area contributed by atoms with Crippen molar-refractivity contribution in [2.24, 2.45) is 7.05 Å². The third kappa shape index (κ3) is 3.15. The van der Waals surface area contributed by atoms with Crippen LogP contribution in [0.4, 0.5) is 0 Å². The number of aromatic carboxylic acids is 1. The van der Waals surface area contributed by atoms with Gasteiger partial charge in [-0.05, 0) is 18.2 Å². The molecule has 0 radical (unpaired) electrons. The van der Waals surface area contributed by atoms with Crippen LogP contribution >= 0.6 is 0 Å². The van der Waals surface area contributed by atoms with Crippen molar-refractivity contribution < 1.29 is 24.6 Å². The first-order chi connectivity index (χ1) is 12.3. The maximum atomic E-state index is 12.0. The molecule has 1 atom stereocenters. The van der Waals surface area contributed by atoms with E-state index in [-0.39, 0.29) is 11.5 Å². The highest BCUT2D eigenvalue weighted by atomic mass is 16.4. The molecule has 138 valence electrons. The Bertz CT molecular complexity index is 880. The Kier molecular flexibility index (Phi) is 4.69. The van der Waals surface area contributed by atoms with Crippen LogP contribution < -0.4 is 0 Å². The Labute approximate surface area is 150 Å². The molecule has 1 amide bonds. The fraction of sp³-hybridized carbons (Fsp3) is 0.389. The first kappa shape index (κ1) is 17.9. The van der Waals surface area contributed by atoms with Crippen molar-refractivity contribution in [2.45, 2.75) is 13.0 Å². The average molecular weight is 359 g/mol. The molecule has 2 N–H and O–H groups in total. The van der Waals surface area contributed by atoms with Gasteiger partial charge in [-0.3, -0.25) is 14.5 Å². The zero-order valence-corrected chi connectivity index (χ0v) is 14.7. The van der Waals surface area contributed by atoms with Crippen molar-refractivity contribution >= 4 is 28.7 Å². The SMILES string of the molecule is CC(=O)N1CCN([C@H](C(=O)O)c2cn(C)c3ccc(C(=O)O)cc23)CC1. The van der Waals surface area contributed by atoms with Crippen LogP contribution in [0.15, 0.2) is 24.4 Å². The molecule has 0 saturated carbocycles. The number of benzene rings is 1. The van der Waals surface area contributed by atoms with Gasteiger partial charge in [-0.15, -0.1) is 0 Å². The first-order valence-electron chi connectivity index (χ1n) is 8.34. The Morgan fingerprint density at radius 2 is 1.73 bits per heavy atom. The third-order valence-corrected chi connectivity index (χ3v) is 4.92. The minimum atomic E-state index is -1.05. The van der Waals surface area contributed by atoms with Crippen LogP contribution in [0.3, 0.4) is 0 Å². The topological polar surface area (TPSA) is 103 Å². The van der Waals surface area contributed by atoms with Crippen molar-refractivity contribution in [3.63, 3.8) is 0 Å². The normalized spacial score (nSPS) is 16.6. The van der Waals surface area contributed by atoms with E-state index in [1.54, 1.807) is 28.8 Å².